The van der Waals surface area contributed by atoms with E-state index in [0.29, 0.717) is 6.04 Å². The van der Waals surface area contributed by atoms with E-state index in [0.717, 1.165) is 17.8 Å². The Morgan fingerprint density at radius 1 is 1.00 bits per heavy atom. The van der Waals surface area contributed by atoms with Crippen LogP contribution in [0.5, 0.6) is 0 Å². The van der Waals surface area contributed by atoms with Gasteiger partial charge in [0.05, 0.1) is 0 Å². The predicted molar refractivity (Wildman–Crippen MR) is 60.7 cm³/mol. The lowest BCUT2D eigenvalue weighted by atomic mass is 9.86. The van der Waals surface area contributed by atoms with Crippen molar-refractivity contribution in [1.29, 1.82) is 0 Å². The maximum Gasteiger partial charge on any atom is 0.00386 e. The van der Waals surface area contributed by atoms with Gasteiger partial charge in [-0.2, -0.15) is 0 Å². The molecule has 0 rings (SSSR count). The fourth-order valence-corrected chi connectivity index (χ4v) is 1.65. The molecule has 13 heavy (non-hydrogen) atoms. The zero-order valence-corrected chi connectivity index (χ0v) is 10.0. The van der Waals surface area contributed by atoms with E-state index in [9.17, 15) is 0 Å². The number of rotatable bonds is 6. The third-order valence-corrected chi connectivity index (χ3v) is 3.40. The van der Waals surface area contributed by atoms with E-state index >= 15 is 0 Å². The topological polar surface area (TPSA) is 26.0 Å². The van der Waals surface area contributed by atoms with Crippen molar-refractivity contribution < 1.29 is 0 Å². The van der Waals surface area contributed by atoms with Crippen molar-refractivity contribution in [2.24, 2.45) is 23.5 Å². The molecule has 0 radical (unpaired) electrons. The Morgan fingerprint density at radius 3 is 1.85 bits per heavy atom. The third kappa shape index (κ3) is 5.30. The first kappa shape index (κ1) is 13.0. The van der Waals surface area contributed by atoms with Gasteiger partial charge < -0.3 is 5.73 Å². The Hall–Kier alpha value is -0.0400. The molecular formula is C12H27N. The molecule has 0 heterocycles. The van der Waals surface area contributed by atoms with Gasteiger partial charge in [-0.1, -0.05) is 40.5 Å². The van der Waals surface area contributed by atoms with E-state index in [1.165, 1.54) is 19.3 Å². The highest BCUT2D eigenvalue weighted by atomic mass is 14.6. The second-order valence-corrected chi connectivity index (χ2v) is 4.83. The van der Waals surface area contributed by atoms with Crippen LogP contribution >= 0.6 is 0 Å². The van der Waals surface area contributed by atoms with Gasteiger partial charge in [0.15, 0.2) is 0 Å². The lowest BCUT2D eigenvalue weighted by Crippen LogP contribution is -2.26. The van der Waals surface area contributed by atoms with E-state index in [1.54, 1.807) is 0 Å². The summed E-state index contributed by atoms with van der Waals surface area (Å²) in [6.07, 6.45) is 3.85. The van der Waals surface area contributed by atoms with Gasteiger partial charge in [0.1, 0.15) is 0 Å². The first-order valence-electron chi connectivity index (χ1n) is 5.74. The summed E-state index contributed by atoms with van der Waals surface area (Å²) in [5.74, 6) is 2.37. The van der Waals surface area contributed by atoms with Crippen LogP contribution in [0, 0.1) is 17.8 Å². The molecule has 3 atom stereocenters. The molecule has 0 saturated heterocycles. The van der Waals surface area contributed by atoms with Crippen LogP contribution in [0.1, 0.15) is 53.9 Å². The number of hydrogen-bond acceptors (Lipinski definition) is 1. The smallest absolute Gasteiger partial charge is 0.00386 e. The van der Waals surface area contributed by atoms with E-state index in [1.807, 2.05) is 0 Å². The van der Waals surface area contributed by atoms with Crippen molar-refractivity contribution in [3.8, 4) is 0 Å². The molecule has 0 bridgehead atoms. The van der Waals surface area contributed by atoms with Crippen LogP contribution in [0.25, 0.3) is 0 Å². The minimum absolute atomic E-state index is 0.365. The van der Waals surface area contributed by atoms with Gasteiger partial charge in [-0.3, -0.25) is 0 Å². The molecule has 0 aliphatic carbocycles. The Morgan fingerprint density at radius 2 is 1.54 bits per heavy atom. The van der Waals surface area contributed by atoms with Gasteiger partial charge in [-0.15, -0.1) is 0 Å². The summed E-state index contributed by atoms with van der Waals surface area (Å²) < 4.78 is 0. The molecule has 0 aromatic carbocycles. The zero-order chi connectivity index (χ0) is 10.4. The maximum absolute atomic E-state index is 5.91. The van der Waals surface area contributed by atoms with Crippen LogP contribution < -0.4 is 5.73 Å². The summed E-state index contributed by atoms with van der Waals surface area (Å²) in [5.41, 5.74) is 5.91. The summed E-state index contributed by atoms with van der Waals surface area (Å²) in [4.78, 5) is 0. The molecule has 0 saturated carbocycles. The van der Waals surface area contributed by atoms with E-state index < -0.39 is 0 Å². The quantitative estimate of drug-likeness (QED) is 0.674. The van der Waals surface area contributed by atoms with Gasteiger partial charge >= 0.3 is 0 Å². The minimum atomic E-state index is 0.365. The number of hydrogen-bond donors (Lipinski definition) is 1. The Bertz CT molecular complexity index is 118. The van der Waals surface area contributed by atoms with Gasteiger partial charge in [-0.05, 0) is 31.1 Å². The van der Waals surface area contributed by atoms with Crippen molar-refractivity contribution >= 4 is 0 Å². The van der Waals surface area contributed by atoms with E-state index in [2.05, 4.69) is 34.6 Å². The molecule has 0 amide bonds. The van der Waals surface area contributed by atoms with Crippen LogP contribution in [-0.4, -0.2) is 6.04 Å². The molecule has 0 fully saturated rings. The van der Waals surface area contributed by atoms with Gasteiger partial charge in [0.25, 0.3) is 0 Å². The average Bonchev–Trinajstić information content (AvgIpc) is 2.04. The largest absolute Gasteiger partial charge is 0.328 e. The van der Waals surface area contributed by atoms with Crippen molar-refractivity contribution in [1.82, 2.24) is 0 Å². The Kier molecular flexibility index (Phi) is 6.40. The molecule has 0 aromatic heterocycles. The molecule has 0 aliphatic rings. The summed E-state index contributed by atoms with van der Waals surface area (Å²) >= 11 is 0. The molecular weight excluding hydrogens is 158 g/mol. The fraction of sp³-hybridized carbons (Fsp3) is 1.00. The molecule has 3 unspecified atom stereocenters. The molecule has 2 N–H and O–H groups in total. The number of nitrogens with two attached hydrogens (primary N) is 1. The molecule has 0 aliphatic heterocycles. The van der Waals surface area contributed by atoms with Gasteiger partial charge in [0.2, 0.25) is 0 Å². The van der Waals surface area contributed by atoms with Crippen LogP contribution in [0.15, 0.2) is 0 Å². The first-order valence-corrected chi connectivity index (χ1v) is 5.74. The maximum atomic E-state index is 5.91. The molecule has 80 valence electrons. The highest BCUT2D eigenvalue weighted by Crippen LogP contribution is 2.22. The normalized spacial score (nSPS) is 18.7. The van der Waals surface area contributed by atoms with Crippen LogP contribution in [0.3, 0.4) is 0 Å². The molecule has 0 spiro atoms. The highest BCUT2D eigenvalue weighted by molar-refractivity contribution is 4.69. The van der Waals surface area contributed by atoms with Crippen molar-refractivity contribution in [2.75, 3.05) is 0 Å². The minimum Gasteiger partial charge on any atom is -0.328 e. The van der Waals surface area contributed by atoms with Crippen LogP contribution in [-0.2, 0) is 0 Å². The molecule has 1 nitrogen and oxygen atoms in total. The average molecular weight is 185 g/mol. The van der Waals surface area contributed by atoms with Crippen molar-refractivity contribution in [3.63, 3.8) is 0 Å². The van der Waals surface area contributed by atoms with Gasteiger partial charge in [-0.25, -0.2) is 0 Å². The monoisotopic (exact) mass is 185 g/mol. The van der Waals surface area contributed by atoms with Crippen LogP contribution in [0.4, 0.5) is 0 Å². The Labute approximate surface area is 84.1 Å². The van der Waals surface area contributed by atoms with E-state index in [-0.39, 0.29) is 0 Å². The second kappa shape index (κ2) is 6.42. The van der Waals surface area contributed by atoms with Crippen molar-refractivity contribution in [3.05, 3.63) is 0 Å². The summed E-state index contributed by atoms with van der Waals surface area (Å²) in [7, 11) is 0. The second-order valence-electron chi connectivity index (χ2n) is 4.83. The summed E-state index contributed by atoms with van der Waals surface area (Å²) in [5, 5.41) is 0. The third-order valence-electron chi connectivity index (χ3n) is 3.40. The van der Waals surface area contributed by atoms with Gasteiger partial charge in [0, 0.05) is 6.04 Å². The van der Waals surface area contributed by atoms with E-state index in [4.69, 9.17) is 5.73 Å². The predicted octanol–water partition coefficient (Wildman–Crippen LogP) is 3.43. The molecule has 0 aromatic rings. The summed E-state index contributed by atoms with van der Waals surface area (Å²) in [6, 6.07) is 0.365. The lowest BCUT2D eigenvalue weighted by Gasteiger charge is -2.22. The SMILES string of the molecule is CCC(CCC(C)C(C)C)C(C)N. The standard InChI is InChI=1S/C12H27N/c1-6-12(11(5)13)8-7-10(4)9(2)3/h9-12H,6-8,13H2,1-5H3. The Balaban J connectivity index is 3.72. The molecule has 1 heteroatoms. The lowest BCUT2D eigenvalue weighted by molar-refractivity contribution is 0.315. The first-order chi connectivity index (χ1) is 5.99. The zero-order valence-electron chi connectivity index (χ0n) is 10.0. The van der Waals surface area contributed by atoms with Crippen LogP contribution in [0.2, 0.25) is 0 Å². The highest BCUT2D eigenvalue weighted by Gasteiger charge is 2.14. The fourth-order valence-electron chi connectivity index (χ4n) is 1.65. The van der Waals surface area contributed by atoms with Crippen molar-refractivity contribution in [2.45, 2.75) is 59.9 Å². The summed E-state index contributed by atoms with van der Waals surface area (Å²) in [6.45, 7) is 11.3.